The maximum absolute atomic E-state index is 12.9. The third-order valence-electron chi connectivity index (χ3n) is 5.86. The molecule has 0 bridgehead atoms. The third kappa shape index (κ3) is 8.14. The van der Waals surface area contributed by atoms with Crippen molar-refractivity contribution in [1.29, 1.82) is 5.26 Å². The van der Waals surface area contributed by atoms with Gasteiger partial charge in [-0.25, -0.2) is 4.79 Å². The van der Waals surface area contributed by atoms with E-state index in [-0.39, 0.29) is 0 Å². The Hall–Kier alpha value is -3.72. The van der Waals surface area contributed by atoms with Gasteiger partial charge in [0.2, 0.25) is 0 Å². The van der Waals surface area contributed by atoms with Gasteiger partial charge in [0, 0.05) is 12.8 Å². The van der Waals surface area contributed by atoms with Gasteiger partial charge >= 0.3 is 18.0 Å². The average molecular weight is 531 g/mol. The van der Waals surface area contributed by atoms with Crippen LogP contribution in [-0.4, -0.2) is 67.6 Å². The van der Waals surface area contributed by atoms with Crippen molar-refractivity contribution in [3.8, 4) is 6.07 Å². The Bertz CT molecular complexity index is 1020. The van der Waals surface area contributed by atoms with E-state index in [0.29, 0.717) is 24.1 Å². The zero-order valence-corrected chi connectivity index (χ0v) is 21.7. The fourth-order valence-electron chi connectivity index (χ4n) is 3.71. The number of hydrogen-bond donors (Lipinski definition) is 2. The molecule has 206 valence electrons. The molecular weight excluding hydrogens is 496 g/mol. The van der Waals surface area contributed by atoms with Gasteiger partial charge in [-0.05, 0) is 37.1 Å². The fraction of sp³-hybridized carbons (Fsp3) is 0.481. The van der Waals surface area contributed by atoms with E-state index in [1.165, 1.54) is 31.4 Å². The number of amides is 1. The second-order valence-corrected chi connectivity index (χ2v) is 8.80. The van der Waals surface area contributed by atoms with Crippen LogP contribution in [0.1, 0.15) is 32.3 Å². The number of rotatable bonds is 12. The molecule has 1 aromatic carbocycles. The number of esters is 2. The van der Waals surface area contributed by atoms with Crippen molar-refractivity contribution >= 4 is 23.7 Å². The number of aliphatic hydroxyl groups is 1. The van der Waals surface area contributed by atoms with Crippen molar-refractivity contribution in [3.05, 3.63) is 55.1 Å². The summed E-state index contributed by atoms with van der Waals surface area (Å²) in [7, 11) is 1.30. The molecule has 0 saturated carbocycles. The molecule has 1 fully saturated rings. The molecule has 1 heterocycles. The zero-order chi connectivity index (χ0) is 28.2. The number of nitriles is 1. The number of nitrogens with one attached hydrogen (secondary N) is 1. The van der Waals surface area contributed by atoms with Crippen LogP contribution in [0.4, 0.5) is 10.5 Å². The molecule has 1 amide bonds. The van der Waals surface area contributed by atoms with Crippen LogP contribution in [0.15, 0.2) is 49.6 Å². The van der Waals surface area contributed by atoms with E-state index < -0.39 is 67.2 Å². The second kappa shape index (κ2) is 14.9. The first-order valence-corrected chi connectivity index (χ1v) is 12.1. The number of allylic oxidation sites excluding steroid dienone is 2. The number of carbonyl (C=O) groups is 3. The Morgan fingerprint density at radius 3 is 2.05 bits per heavy atom. The molecule has 1 aromatic rings. The third-order valence-corrected chi connectivity index (χ3v) is 5.86. The fourth-order valence-corrected chi connectivity index (χ4v) is 3.71. The van der Waals surface area contributed by atoms with E-state index in [1.54, 1.807) is 26.0 Å². The largest absolute Gasteiger partial charge is 0.454 e. The Kier molecular flexibility index (Phi) is 11.9. The first-order chi connectivity index (χ1) is 18.2. The lowest BCUT2D eigenvalue weighted by atomic mass is 9.97. The minimum atomic E-state index is -1.38. The predicted octanol–water partition coefficient (Wildman–Crippen LogP) is 3.09. The number of methoxy groups -OCH3 is 1. The molecule has 0 radical (unpaired) electrons. The summed E-state index contributed by atoms with van der Waals surface area (Å²) in [6, 6.07) is 7.99. The lowest BCUT2D eigenvalue weighted by Crippen LogP contribution is -2.63. The van der Waals surface area contributed by atoms with Crippen molar-refractivity contribution in [3.63, 3.8) is 0 Å². The molecule has 1 aliphatic rings. The van der Waals surface area contributed by atoms with Gasteiger partial charge < -0.3 is 28.8 Å². The smallest absolute Gasteiger partial charge is 0.412 e. The lowest BCUT2D eigenvalue weighted by Gasteiger charge is -2.44. The minimum absolute atomic E-state index is 0.310. The Morgan fingerprint density at radius 2 is 1.58 bits per heavy atom. The normalized spacial score (nSPS) is 24.1. The Balaban J connectivity index is 2.38. The van der Waals surface area contributed by atoms with Crippen LogP contribution in [0.3, 0.4) is 0 Å². The zero-order valence-electron chi connectivity index (χ0n) is 21.7. The van der Waals surface area contributed by atoms with Crippen LogP contribution in [0, 0.1) is 23.2 Å². The van der Waals surface area contributed by atoms with E-state index in [9.17, 15) is 19.5 Å². The topological polar surface area (TPSA) is 153 Å². The van der Waals surface area contributed by atoms with Gasteiger partial charge in [-0.1, -0.05) is 26.0 Å². The van der Waals surface area contributed by atoms with Gasteiger partial charge in [0.25, 0.3) is 0 Å². The van der Waals surface area contributed by atoms with Crippen LogP contribution >= 0.6 is 0 Å². The molecule has 2 N–H and O–H groups in total. The monoisotopic (exact) mass is 530 g/mol. The summed E-state index contributed by atoms with van der Waals surface area (Å²) >= 11 is 0. The maximum Gasteiger partial charge on any atom is 0.412 e. The summed E-state index contributed by atoms with van der Waals surface area (Å²) in [5.74, 6) is -2.47. The minimum Gasteiger partial charge on any atom is -0.454 e. The van der Waals surface area contributed by atoms with Gasteiger partial charge in [-0.15, -0.1) is 13.2 Å². The van der Waals surface area contributed by atoms with Crippen LogP contribution in [0.25, 0.3) is 0 Å². The molecule has 0 aliphatic carbocycles. The molecule has 11 heteroatoms. The molecule has 11 nitrogen and oxygen atoms in total. The van der Waals surface area contributed by atoms with Gasteiger partial charge in [-0.3, -0.25) is 14.9 Å². The van der Waals surface area contributed by atoms with Gasteiger partial charge in [-0.2, -0.15) is 5.26 Å². The molecule has 1 saturated heterocycles. The summed E-state index contributed by atoms with van der Waals surface area (Å²) in [6.45, 7) is 9.88. The number of hydrogen-bond acceptors (Lipinski definition) is 10. The Labute approximate surface area is 221 Å². The van der Waals surface area contributed by atoms with Crippen molar-refractivity contribution in [2.24, 2.45) is 11.8 Å². The molecule has 1 aliphatic heterocycles. The summed E-state index contributed by atoms with van der Waals surface area (Å²) in [4.78, 5) is 38.5. The quantitative estimate of drug-likeness (QED) is 0.234. The number of benzene rings is 1. The van der Waals surface area contributed by atoms with Crippen LogP contribution in [-0.2, 0) is 33.3 Å². The molecule has 2 rings (SSSR count). The molecule has 0 spiro atoms. The summed E-state index contributed by atoms with van der Waals surface area (Å²) in [5.41, 5.74) is 0.724. The number of carbonyl (C=O) groups excluding carboxylic acids is 3. The highest BCUT2D eigenvalue weighted by atomic mass is 16.7. The van der Waals surface area contributed by atoms with E-state index in [4.69, 9.17) is 28.9 Å². The standard InChI is InChI=1S/C27H34N2O9/c1-6-8-16(3)24(31)36-22-21(38-27(33)29-19-12-10-18(14-28)11-13-19)20(15-30)35-26(34-5)23(22)37-25(32)17(4)9-7-2/h6-7,10-13,16-17,20-23,26,30H,1-2,8-9,15H2,3-5H3,(H,29,33)/t16-,17-,20+,21-,22-,23+,26-/m0/s1. The van der Waals surface area contributed by atoms with E-state index in [0.717, 1.165) is 0 Å². The average Bonchev–Trinajstić information content (AvgIpc) is 2.90. The van der Waals surface area contributed by atoms with Crippen molar-refractivity contribution in [2.75, 3.05) is 19.0 Å². The molecule has 7 atom stereocenters. The summed E-state index contributed by atoms with van der Waals surface area (Å²) < 4.78 is 28.0. The van der Waals surface area contributed by atoms with Crippen LogP contribution in [0.2, 0.25) is 0 Å². The number of anilines is 1. The van der Waals surface area contributed by atoms with Crippen LogP contribution in [0.5, 0.6) is 0 Å². The predicted molar refractivity (Wildman–Crippen MR) is 136 cm³/mol. The first kappa shape index (κ1) is 30.5. The number of aliphatic hydroxyl groups excluding tert-OH is 1. The van der Waals surface area contributed by atoms with E-state index in [2.05, 4.69) is 18.5 Å². The van der Waals surface area contributed by atoms with Crippen molar-refractivity contribution in [2.45, 2.75) is 57.4 Å². The SMILES string of the molecule is C=CC[C@H](C)C(=O)O[C@H]1[C@@H](OC(=O)Nc2ccc(C#N)cc2)[C@@H](CO)O[C@H](OC)[C@@H]1OC(=O)[C@@H](C)CC=C. The van der Waals surface area contributed by atoms with Crippen molar-refractivity contribution < 1.29 is 43.2 Å². The van der Waals surface area contributed by atoms with Crippen molar-refractivity contribution in [1.82, 2.24) is 0 Å². The highest BCUT2D eigenvalue weighted by Gasteiger charge is 2.53. The van der Waals surface area contributed by atoms with Gasteiger partial charge in [0.05, 0.1) is 30.1 Å². The maximum atomic E-state index is 12.9. The van der Waals surface area contributed by atoms with Gasteiger partial charge in [0.1, 0.15) is 6.10 Å². The first-order valence-electron chi connectivity index (χ1n) is 12.1. The van der Waals surface area contributed by atoms with E-state index >= 15 is 0 Å². The highest BCUT2D eigenvalue weighted by molar-refractivity contribution is 5.85. The molecule has 0 aromatic heterocycles. The second-order valence-electron chi connectivity index (χ2n) is 8.80. The summed E-state index contributed by atoms with van der Waals surface area (Å²) in [5, 5.41) is 21.5. The Morgan fingerprint density at radius 1 is 1.03 bits per heavy atom. The lowest BCUT2D eigenvalue weighted by molar-refractivity contribution is -0.300. The van der Waals surface area contributed by atoms with Crippen LogP contribution < -0.4 is 5.32 Å². The number of nitrogens with zero attached hydrogens (tertiary/aromatic N) is 1. The molecular formula is C27H34N2O9. The molecule has 38 heavy (non-hydrogen) atoms. The van der Waals surface area contributed by atoms with Gasteiger partial charge in [0.15, 0.2) is 24.6 Å². The molecule has 0 unspecified atom stereocenters. The number of ether oxygens (including phenoxy) is 5. The summed E-state index contributed by atoms with van der Waals surface area (Å²) in [6.07, 6.45) is -3.69. The highest BCUT2D eigenvalue weighted by Crippen LogP contribution is 2.31. The van der Waals surface area contributed by atoms with E-state index in [1.807, 2.05) is 6.07 Å².